The third kappa shape index (κ3) is 2.75. The maximum atomic E-state index is 13.1. The molecular weight excluding hydrogens is 335 g/mol. The highest BCUT2D eigenvalue weighted by Crippen LogP contribution is 2.37. The Morgan fingerprint density at radius 3 is 2.60 bits per heavy atom. The molecule has 25 heavy (non-hydrogen) atoms. The first kappa shape index (κ1) is 15.7. The van der Waals surface area contributed by atoms with Crippen molar-refractivity contribution in [2.75, 3.05) is 0 Å². The van der Waals surface area contributed by atoms with Crippen molar-refractivity contribution in [2.24, 2.45) is 5.92 Å². The van der Waals surface area contributed by atoms with E-state index >= 15 is 0 Å². The second kappa shape index (κ2) is 5.61. The second-order valence-corrected chi connectivity index (χ2v) is 5.97. The molecule has 1 N–H and O–H groups in total. The van der Waals surface area contributed by atoms with Gasteiger partial charge in [-0.3, -0.25) is 0 Å². The molecule has 1 aliphatic rings. The molecule has 0 aliphatic carbocycles. The van der Waals surface area contributed by atoms with Crippen LogP contribution in [0.4, 0.5) is 13.2 Å². The molecule has 1 aliphatic heterocycles. The van der Waals surface area contributed by atoms with Gasteiger partial charge in [-0.2, -0.15) is 18.3 Å². The Morgan fingerprint density at radius 1 is 1.12 bits per heavy atom. The molecule has 130 valence electrons. The third-order valence-corrected chi connectivity index (χ3v) is 4.34. The smallest absolute Gasteiger partial charge is 0.393 e. The van der Waals surface area contributed by atoms with Gasteiger partial charge in [-0.25, -0.2) is 4.68 Å². The highest BCUT2D eigenvalue weighted by atomic mass is 19.4. The standard InChI is InChI=1S/C16H14F3N5O/c17-16(18,19)10-6-7-13-20-21-15(23(13)8-10)14-12(25)9-24(22-14)11-4-2-1-3-5-11/h1-5,9-10,25H,6-8H2. The van der Waals surface area contributed by atoms with Crippen LogP contribution < -0.4 is 0 Å². The molecule has 2 aromatic heterocycles. The summed E-state index contributed by atoms with van der Waals surface area (Å²) in [6.07, 6.45) is -2.69. The highest BCUT2D eigenvalue weighted by Gasteiger charge is 2.42. The first-order valence-corrected chi connectivity index (χ1v) is 7.76. The van der Waals surface area contributed by atoms with E-state index in [1.807, 2.05) is 18.2 Å². The van der Waals surface area contributed by atoms with Crippen molar-refractivity contribution in [3.63, 3.8) is 0 Å². The molecular formula is C16H14F3N5O. The maximum Gasteiger partial charge on any atom is 0.393 e. The van der Waals surface area contributed by atoms with Gasteiger partial charge in [0.25, 0.3) is 0 Å². The van der Waals surface area contributed by atoms with Gasteiger partial charge in [0.1, 0.15) is 5.82 Å². The second-order valence-electron chi connectivity index (χ2n) is 5.97. The van der Waals surface area contributed by atoms with Crippen LogP contribution in [0.2, 0.25) is 0 Å². The Bertz CT molecular complexity index is 900. The lowest BCUT2D eigenvalue weighted by Crippen LogP contribution is -2.32. The Labute approximate surface area is 140 Å². The van der Waals surface area contributed by atoms with Crippen LogP contribution in [0.3, 0.4) is 0 Å². The van der Waals surface area contributed by atoms with Crippen LogP contribution in [0.25, 0.3) is 17.2 Å². The summed E-state index contributed by atoms with van der Waals surface area (Å²) in [6, 6.07) is 9.09. The lowest BCUT2D eigenvalue weighted by molar-refractivity contribution is -0.182. The van der Waals surface area contributed by atoms with E-state index < -0.39 is 12.1 Å². The Hall–Kier alpha value is -2.84. The average molecular weight is 349 g/mol. The SMILES string of the molecule is Oc1cn(-c2ccccc2)nc1-c1nnc2n1CC(C(F)(F)F)CC2. The highest BCUT2D eigenvalue weighted by molar-refractivity contribution is 5.59. The largest absolute Gasteiger partial charge is 0.504 e. The van der Waals surface area contributed by atoms with Crippen LogP contribution in [-0.2, 0) is 13.0 Å². The quantitative estimate of drug-likeness (QED) is 0.772. The molecule has 1 atom stereocenters. The number of hydrogen-bond donors (Lipinski definition) is 1. The van der Waals surface area contributed by atoms with Crippen molar-refractivity contribution in [3.8, 4) is 23.0 Å². The molecule has 0 bridgehead atoms. The number of benzene rings is 1. The fourth-order valence-corrected chi connectivity index (χ4v) is 3.01. The fraction of sp³-hybridized carbons (Fsp3) is 0.312. The monoisotopic (exact) mass is 349 g/mol. The predicted molar refractivity (Wildman–Crippen MR) is 82.1 cm³/mol. The summed E-state index contributed by atoms with van der Waals surface area (Å²) in [5.41, 5.74) is 0.834. The minimum atomic E-state index is -4.27. The van der Waals surface area contributed by atoms with E-state index in [1.54, 1.807) is 12.1 Å². The van der Waals surface area contributed by atoms with E-state index in [1.165, 1.54) is 15.4 Å². The first-order chi connectivity index (χ1) is 11.9. The van der Waals surface area contributed by atoms with Gasteiger partial charge in [-0.05, 0) is 18.6 Å². The number of hydrogen-bond acceptors (Lipinski definition) is 4. The van der Waals surface area contributed by atoms with Crippen molar-refractivity contribution in [1.29, 1.82) is 0 Å². The molecule has 0 saturated heterocycles. The summed E-state index contributed by atoms with van der Waals surface area (Å²) >= 11 is 0. The molecule has 0 spiro atoms. The zero-order valence-corrected chi connectivity index (χ0v) is 13.0. The minimum Gasteiger partial charge on any atom is -0.504 e. The van der Waals surface area contributed by atoms with E-state index in [0.717, 1.165) is 5.69 Å². The van der Waals surface area contributed by atoms with E-state index in [-0.39, 0.29) is 36.7 Å². The molecule has 4 rings (SSSR count). The predicted octanol–water partition coefficient (Wildman–Crippen LogP) is 2.96. The normalized spacial score (nSPS) is 17.5. The zero-order chi connectivity index (χ0) is 17.6. The molecule has 0 saturated carbocycles. The number of aryl methyl sites for hydroxylation is 1. The van der Waals surface area contributed by atoms with E-state index in [0.29, 0.717) is 5.82 Å². The van der Waals surface area contributed by atoms with Crippen LogP contribution in [0, 0.1) is 5.92 Å². The summed E-state index contributed by atoms with van der Waals surface area (Å²) in [7, 11) is 0. The Morgan fingerprint density at radius 2 is 1.88 bits per heavy atom. The van der Waals surface area contributed by atoms with Gasteiger partial charge in [0.05, 0.1) is 17.8 Å². The summed E-state index contributed by atoms with van der Waals surface area (Å²) in [5.74, 6) is -0.985. The molecule has 1 aromatic carbocycles. The van der Waals surface area contributed by atoms with Gasteiger partial charge in [0, 0.05) is 13.0 Å². The molecule has 6 nitrogen and oxygen atoms in total. The summed E-state index contributed by atoms with van der Waals surface area (Å²) in [6.45, 7) is -0.265. The van der Waals surface area contributed by atoms with Crippen LogP contribution in [0.5, 0.6) is 5.75 Å². The molecule has 0 radical (unpaired) electrons. The average Bonchev–Trinajstić information content (AvgIpc) is 3.17. The number of rotatable bonds is 2. The number of aromatic hydroxyl groups is 1. The molecule has 9 heteroatoms. The van der Waals surface area contributed by atoms with E-state index in [4.69, 9.17) is 0 Å². The minimum absolute atomic E-state index is 0.00787. The van der Waals surface area contributed by atoms with Crippen molar-refractivity contribution in [2.45, 2.75) is 25.6 Å². The van der Waals surface area contributed by atoms with Crippen molar-refractivity contribution in [1.82, 2.24) is 24.5 Å². The molecule has 0 amide bonds. The fourth-order valence-electron chi connectivity index (χ4n) is 3.01. The lowest BCUT2D eigenvalue weighted by atomic mass is 9.99. The third-order valence-electron chi connectivity index (χ3n) is 4.34. The van der Waals surface area contributed by atoms with Gasteiger partial charge in [0.15, 0.2) is 17.3 Å². The van der Waals surface area contributed by atoms with E-state index in [2.05, 4.69) is 15.3 Å². The van der Waals surface area contributed by atoms with E-state index in [9.17, 15) is 18.3 Å². The topological polar surface area (TPSA) is 68.8 Å². The van der Waals surface area contributed by atoms with Gasteiger partial charge in [-0.1, -0.05) is 18.2 Å². The van der Waals surface area contributed by atoms with Gasteiger partial charge >= 0.3 is 6.18 Å². The van der Waals surface area contributed by atoms with Crippen LogP contribution in [0.15, 0.2) is 36.5 Å². The van der Waals surface area contributed by atoms with Crippen molar-refractivity contribution in [3.05, 3.63) is 42.4 Å². The number of alkyl halides is 3. The van der Waals surface area contributed by atoms with Gasteiger partial charge in [0.2, 0.25) is 0 Å². The number of fused-ring (bicyclic) bond motifs is 1. The van der Waals surface area contributed by atoms with Crippen LogP contribution in [0.1, 0.15) is 12.2 Å². The Balaban J connectivity index is 1.73. The Kier molecular flexibility index (Phi) is 3.52. The van der Waals surface area contributed by atoms with Crippen LogP contribution in [-0.4, -0.2) is 35.8 Å². The first-order valence-electron chi connectivity index (χ1n) is 7.76. The maximum absolute atomic E-state index is 13.1. The van der Waals surface area contributed by atoms with Crippen LogP contribution >= 0.6 is 0 Å². The molecule has 0 fully saturated rings. The summed E-state index contributed by atoms with van der Waals surface area (Å²) < 4.78 is 42.0. The number of halogens is 3. The number of aromatic nitrogens is 5. The van der Waals surface area contributed by atoms with Gasteiger partial charge < -0.3 is 9.67 Å². The molecule has 3 heterocycles. The number of para-hydroxylation sites is 1. The molecule has 3 aromatic rings. The zero-order valence-electron chi connectivity index (χ0n) is 13.0. The van der Waals surface area contributed by atoms with Crippen molar-refractivity contribution >= 4 is 0 Å². The lowest BCUT2D eigenvalue weighted by Gasteiger charge is -2.25. The summed E-state index contributed by atoms with van der Waals surface area (Å²) in [4.78, 5) is 0. The molecule has 1 unspecified atom stereocenters. The number of nitrogens with zero attached hydrogens (tertiary/aromatic N) is 5. The summed E-state index contributed by atoms with van der Waals surface area (Å²) in [5, 5.41) is 22.4. The van der Waals surface area contributed by atoms with Crippen molar-refractivity contribution < 1.29 is 18.3 Å². The van der Waals surface area contributed by atoms with Gasteiger partial charge in [-0.15, -0.1) is 10.2 Å².